The summed E-state index contributed by atoms with van der Waals surface area (Å²) < 4.78 is 0. The maximum absolute atomic E-state index is 12.6. The maximum Gasteiger partial charge on any atom is 0.210 e. The van der Waals surface area contributed by atoms with Crippen LogP contribution < -0.4 is 5.32 Å². The van der Waals surface area contributed by atoms with Gasteiger partial charge in [0.05, 0.1) is 5.70 Å². The van der Waals surface area contributed by atoms with Gasteiger partial charge in [-0.2, -0.15) is 0 Å². The Morgan fingerprint density at radius 3 is 2.17 bits per heavy atom. The van der Waals surface area contributed by atoms with Crippen LogP contribution in [0.15, 0.2) is 48.2 Å². The Hall–Kier alpha value is -2.68. The van der Waals surface area contributed by atoms with Gasteiger partial charge in [-0.05, 0) is 37.0 Å². The topological polar surface area (TPSA) is 46.2 Å². The first-order chi connectivity index (χ1) is 11.0. The average molecular weight is 305 g/mol. The second-order valence-electron chi connectivity index (χ2n) is 5.88. The molecular weight excluding hydrogens is 286 g/mol. The molecule has 0 saturated carbocycles. The number of ketones is 2. The highest BCUT2D eigenvalue weighted by molar-refractivity contribution is 6.25. The van der Waals surface area contributed by atoms with Gasteiger partial charge in [0.2, 0.25) is 5.78 Å². The SMILES string of the molecule is CCc1cc(C)c(NC2=CC(=O)c3ccccc3C2=O)c(C)c1. The third-order valence-electron chi connectivity index (χ3n) is 4.22. The predicted molar refractivity (Wildman–Crippen MR) is 92.1 cm³/mol. The van der Waals surface area contributed by atoms with Crippen LogP contribution in [-0.4, -0.2) is 11.6 Å². The van der Waals surface area contributed by atoms with E-state index in [-0.39, 0.29) is 11.6 Å². The molecule has 0 saturated heterocycles. The van der Waals surface area contributed by atoms with Crippen molar-refractivity contribution >= 4 is 17.3 Å². The van der Waals surface area contributed by atoms with E-state index >= 15 is 0 Å². The van der Waals surface area contributed by atoms with E-state index in [2.05, 4.69) is 24.4 Å². The fraction of sp³-hybridized carbons (Fsp3) is 0.200. The number of carbonyl (C=O) groups excluding carboxylic acids is 2. The lowest BCUT2D eigenvalue weighted by molar-refractivity contribution is 0.0985. The van der Waals surface area contributed by atoms with Crippen molar-refractivity contribution in [3.05, 3.63) is 76.0 Å². The minimum atomic E-state index is -0.140. The fourth-order valence-electron chi connectivity index (χ4n) is 3.00. The van der Waals surface area contributed by atoms with E-state index in [4.69, 9.17) is 0 Å². The van der Waals surface area contributed by atoms with Crippen molar-refractivity contribution in [2.75, 3.05) is 5.32 Å². The van der Waals surface area contributed by atoms with E-state index in [1.54, 1.807) is 24.3 Å². The van der Waals surface area contributed by atoms with Crippen LogP contribution in [0.2, 0.25) is 0 Å². The molecule has 0 aromatic heterocycles. The van der Waals surface area contributed by atoms with Gasteiger partial charge in [0.25, 0.3) is 0 Å². The lowest BCUT2D eigenvalue weighted by Gasteiger charge is -2.19. The molecule has 2 aromatic rings. The number of Topliss-reactive ketones (excluding diaryl/α,β-unsaturated/α-hetero) is 1. The smallest absolute Gasteiger partial charge is 0.210 e. The maximum atomic E-state index is 12.6. The van der Waals surface area contributed by atoms with Gasteiger partial charge in [0.15, 0.2) is 5.78 Å². The Balaban J connectivity index is 1.99. The summed E-state index contributed by atoms with van der Waals surface area (Å²) in [6, 6.07) is 11.2. The molecule has 0 unspecified atom stereocenters. The van der Waals surface area contributed by atoms with Crippen LogP contribution in [0.3, 0.4) is 0 Å². The summed E-state index contributed by atoms with van der Waals surface area (Å²) in [6.07, 6.45) is 2.37. The summed E-state index contributed by atoms with van der Waals surface area (Å²) in [4.78, 5) is 24.9. The van der Waals surface area contributed by atoms with Gasteiger partial charge < -0.3 is 5.32 Å². The number of carbonyl (C=O) groups is 2. The zero-order valence-electron chi connectivity index (χ0n) is 13.6. The highest BCUT2D eigenvalue weighted by Crippen LogP contribution is 2.27. The number of aryl methyl sites for hydroxylation is 3. The van der Waals surface area contributed by atoms with Crippen LogP contribution in [0, 0.1) is 13.8 Å². The summed E-state index contributed by atoms with van der Waals surface area (Å²) in [5.41, 5.74) is 5.57. The Morgan fingerprint density at radius 1 is 0.957 bits per heavy atom. The van der Waals surface area contributed by atoms with Gasteiger partial charge in [-0.15, -0.1) is 0 Å². The number of rotatable bonds is 3. The van der Waals surface area contributed by atoms with Gasteiger partial charge in [-0.3, -0.25) is 9.59 Å². The molecule has 23 heavy (non-hydrogen) atoms. The Kier molecular flexibility index (Phi) is 3.87. The molecule has 1 aliphatic rings. The van der Waals surface area contributed by atoms with E-state index < -0.39 is 0 Å². The van der Waals surface area contributed by atoms with Gasteiger partial charge in [0, 0.05) is 22.9 Å². The number of fused-ring (bicyclic) bond motifs is 1. The minimum Gasteiger partial charge on any atom is -0.352 e. The number of nitrogens with one attached hydrogen (secondary N) is 1. The lowest BCUT2D eigenvalue weighted by atomic mass is 9.92. The molecule has 0 atom stereocenters. The number of anilines is 1. The molecule has 1 N–H and O–H groups in total. The van der Waals surface area contributed by atoms with Crippen molar-refractivity contribution < 1.29 is 9.59 Å². The first-order valence-electron chi connectivity index (χ1n) is 7.78. The largest absolute Gasteiger partial charge is 0.352 e. The van der Waals surface area contributed by atoms with Crippen molar-refractivity contribution in [1.82, 2.24) is 0 Å². The summed E-state index contributed by atoms with van der Waals surface area (Å²) in [5, 5.41) is 3.18. The minimum absolute atomic E-state index is 0.136. The molecular formula is C20H19NO2. The molecule has 0 radical (unpaired) electrons. The van der Waals surface area contributed by atoms with Gasteiger partial charge in [-0.1, -0.05) is 43.3 Å². The predicted octanol–water partition coefficient (Wildman–Crippen LogP) is 4.24. The molecule has 0 amide bonds. The van der Waals surface area contributed by atoms with Crippen molar-refractivity contribution in [3.63, 3.8) is 0 Å². The normalized spacial score (nSPS) is 13.6. The van der Waals surface area contributed by atoms with Gasteiger partial charge in [-0.25, -0.2) is 0 Å². The van der Waals surface area contributed by atoms with E-state index in [0.717, 1.165) is 23.2 Å². The Morgan fingerprint density at radius 2 is 1.57 bits per heavy atom. The quantitative estimate of drug-likeness (QED) is 0.922. The van der Waals surface area contributed by atoms with Crippen LogP contribution in [-0.2, 0) is 6.42 Å². The molecule has 3 rings (SSSR count). The lowest BCUT2D eigenvalue weighted by Crippen LogP contribution is -2.22. The van der Waals surface area contributed by atoms with Crippen molar-refractivity contribution in [1.29, 1.82) is 0 Å². The zero-order valence-corrected chi connectivity index (χ0v) is 13.6. The second-order valence-corrected chi connectivity index (χ2v) is 5.88. The molecule has 2 aromatic carbocycles. The molecule has 0 heterocycles. The molecule has 0 aliphatic heterocycles. The van der Waals surface area contributed by atoms with E-state index in [1.807, 2.05) is 13.8 Å². The van der Waals surface area contributed by atoms with Crippen molar-refractivity contribution in [2.45, 2.75) is 27.2 Å². The first kappa shape index (κ1) is 15.2. The third-order valence-corrected chi connectivity index (χ3v) is 4.22. The average Bonchev–Trinajstić information content (AvgIpc) is 2.55. The highest BCUT2D eigenvalue weighted by Gasteiger charge is 2.25. The van der Waals surface area contributed by atoms with Gasteiger partial charge >= 0.3 is 0 Å². The Bertz CT molecular complexity index is 823. The van der Waals surface area contributed by atoms with E-state index in [1.165, 1.54) is 11.6 Å². The molecule has 3 nitrogen and oxygen atoms in total. The van der Waals surface area contributed by atoms with Crippen LogP contribution in [0.1, 0.15) is 44.3 Å². The zero-order chi connectivity index (χ0) is 16.6. The summed E-state index contributed by atoms with van der Waals surface area (Å²) in [5.74, 6) is -0.276. The number of allylic oxidation sites excluding steroid dienone is 2. The molecule has 0 fully saturated rings. The summed E-state index contributed by atoms with van der Waals surface area (Å²) in [6.45, 7) is 6.14. The molecule has 1 aliphatic carbocycles. The number of hydrogen-bond donors (Lipinski definition) is 1. The van der Waals surface area contributed by atoms with Crippen LogP contribution in [0.5, 0.6) is 0 Å². The second kappa shape index (κ2) is 5.84. The summed E-state index contributed by atoms with van der Waals surface area (Å²) in [7, 11) is 0. The van der Waals surface area contributed by atoms with Crippen LogP contribution in [0.25, 0.3) is 0 Å². The molecule has 3 heteroatoms. The highest BCUT2D eigenvalue weighted by atomic mass is 16.1. The van der Waals surface area contributed by atoms with Crippen LogP contribution >= 0.6 is 0 Å². The monoisotopic (exact) mass is 305 g/mol. The fourth-order valence-corrected chi connectivity index (χ4v) is 3.00. The van der Waals surface area contributed by atoms with E-state index in [0.29, 0.717) is 16.8 Å². The number of hydrogen-bond acceptors (Lipinski definition) is 3. The van der Waals surface area contributed by atoms with Gasteiger partial charge in [0.1, 0.15) is 0 Å². The van der Waals surface area contributed by atoms with Crippen LogP contribution in [0.4, 0.5) is 5.69 Å². The first-order valence-corrected chi connectivity index (χ1v) is 7.78. The van der Waals surface area contributed by atoms with Crippen molar-refractivity contribution in [2.24, 2.45) is 0 Å². The Labute approximate surface area is 136 Å². The number of benzene rings is 2. The summed E-state index contributed by atoms with van der Waals surface area (Å²) >= 11 is 0. The van der Waals surface area contributed by atoms with E-state index in [9.17, 15) is 9.59 Å². The molecule has 0 bridgehead atoms. The molecule has 0 spiro atoms. The molecule has 116 valence electrons. The third kappa shape index (κ3) is 2.70. The van der Waals surface area contributed by atoms with Crippen molar-refractivity contribution in [3.8, 4) is 0 Å². The standard InChI is InChI=1S/C20H19NO2/c1-4-14-9-12(2)19(13(3)10-14)21-17-11-18(22)15-7-5-6-8-16(15)20(17)23/h5-11,21H,4H2,1-3H3.